The first-order valence-corrected chi connectivity index (χ1v) is 7.95. The summed E-state index contributed by atoms with van der Waals surface area (Å²) in [6, 6.07) is 9.63. The summed E-state index contributed by atoms with van der Waals surface area (Å²) >= 11 is 0. The Kier molecular flexibility index (Phi) is 4.92. The standard InChI is InChI=1S/C17H22N4O2/c1-21-10-9-14-15(12-21)19-20-17(14)18-16(22)8-5-11-23-13-6-3-2-4-7-13/h2-4,6-7H,5,8-12H2,1H3,(H2,18,19,20,22). The van der Waals surface area contributed by atoms with Gasteiger partial charge in [0.25, 0.3) is 0 Å². The van der Waals surface area contributed by atoms with Crippen molar-refractivity contribution in [3.8, 4) is 5.75 Å². The molecule has 1 aliphatic rings. The maximum Gasteiger partial charge on any atom is 0.225 e. The van der Waals surface area contributed by atoms with Gasteiger partial charge < -0.3 is 15.0 Å². The van der Waals surface area contributed by atoms with Gasteiger partial charge in [0.2, 0.25) is 5.91 Å². The van der Waals surface area contributed by atoms with Crippen molar-refractivity contribution in [2.24, 2.45) is 0 Å². The van der Waals surface area contributed by atoms with E-state index in [-0.39, 0.29) is 5.91 Å². The molecule has 1 aromatic carbocycles. The van der Waals surface area contributed by atoms with Crippen LogP contribution in [-0.2, 0) is 17.8 Å². The zero-order valence-electron chi connectivity index (χ0n) is 13.3. The number of carbonyl (C=O) groups is 1. The van der Waals surface area contributed by atoms with E-state index in [0.29, 0.717) is 25.3 Å². The predicted molar refractivity (Wildman–Crippen MR) is 88.4 cm³/mol. The normalized spacial score (nSPS) is 14.3. The van der Waals surface area contributed by atoms with Crippen molar-refractivity contribution in [1.82, 2.24) is 15.1 Å². The van der Waals surface area contributed by atoms with E-state index >= 15 is 0 Å². The average Bonchev–Trinajstić information content (AvgIpc) is 2.94. The lowest BCUT2D eigenvalue weighted by molar-refractivity contribution is -0.116. The molecule has 6 nitrogen and oxygen atoms in total. The van der Waals surface area contributed by atoms with Crippen molar-refractivity contribution in [3.05, 3.63) is 41.6 Å². The van der Waals surface area contributed by atoms with Crippen molar-refractivity contribution >= 4 is 11.7 Å². The van der Waals surface area contributed by atoms with Crippen LogP contribution in [0.25, 0.3) is 0 Å². The number of hydrogen-bond acceptors (Lipinski definition) is 4. The number of benzene rings is 1. The van der Waals surface area contributed by atoms with Crippen LogP contribution in [-0.4, -0.2) is 41.2 Å². The molecule has 1 aromatic heterocycles. The molecule has 0 unspecified atom stereocenters. The van der Waals surface area contributed by atoms with E-state index in [4.69, 9.17) is 4.74 Å². The molecule has 0 saturated heterocycles. The van der Waals surface area contributed by atoms with Gasteiger partial charge in [0.1, 0.15) is 5.75 Å². The van der Waals surface area contributed by atoms with Crippen LogP contribution in [0.2, 0.25) is 0 Å². The number of nitrogens with one attached hydrogen (secondary N) is 2. The number of anilines is 1. The van der Waals surface area contributed by atoms with Gasteiger partial charge in [-0.05, 0) is 32.0 Å². The monoisotopic (exact) mass is 314 g/mol. The number of aromatic amines is 1. The van der Waals surface area contributed by atoms with Crippen molar-refractivity contribution < 1.29 is 9.53 Å². The number of rotatable bonds is 6. The Hall–Kier alpha value is -2.34. The van der Waals surface area contributed by atoms with Crippen LogP contribution in [0.15, 0.2) is 30.3 Å². The van der Waals surface area contributed by atoms with Crippen LogP contribution in [0.1, 0.15) is 24.1 Å². The van der Waals surface area contributed by atoms with Gasteiger partial charge in [-0.3, -0.25) is 9.89 Å². The smallest absolute Gasteiger partial charge is 0.225 e. The summed E-state index contributed by atoms with van der Waals surface area (Å²) in [5.41, 5.74) is 2.23. The number of H-pyrrole nitrogens is 1. The van der Waals surface area contributed by atoms with Crippen molar-refractivity contribution in [2.45, 2.75) is 25.8 Å². The molecule has 2 heterocycles. The highest BCUT2D eigenvalue weighted by atomic mass is 16.5. The molecule has 0 saturated carbocycles. The topological polar surface area (TPSA) is 70.2 Å². The fraction of sp³-hybridized carbons (Fsp3) is 0.412. The maximum absolute atomic E-state index is 12.0. The Labute approximate surface area is 135 Å². The lowest BCUT2D eigenvalue weighted by Gasteiger charge is -2.21. The summed E-state index contributed by atoms with van der Waals surface area (Å²) in [6.45, 7) is 2.37. The van der Waals surface area contributed by atoms with Crippen LogP contribution < -0.4 is 10.1 Å². The van der Waals surface area contributed by atoms with Gasteiger partial charge in [-0.2, -0.15) is 5.10 Å². The molecular formula is C17H22N4O2. The number of nitrogens with zero attached hydrogens (tertiary/aromatic N) is 2. The maximum atomic E-state index is 12.0. The van der Waals surface area contributed by atoms with Gasteiger partial charge in [-0.15, -0.1) is 0 Å². The molecule has 2 N–H and O–H groups in total. The minimum atomic E-state index is -0.0186. The fourth-order valence-corrected chi connectivity index (χ4v) is 2.69. The van der Waals surface area contributed by atoms with Crippen LogP contribution in [0.5, 0.6) is 5.75 Å². The van der Waals surface area contributed by atoms with Crippen LogP contribution >= 0.6 is 0 Å². The summed E-state index contributed by atoms with van der Waals surface area (Å²) in [6.07, 6.45) is 2.01. The summed E-state index contributed by atoms with van der Waals surface area (Å²) in [7, 11) is 2.08. The molecular weight excluding hydrogens is 292 g/mol. The SMILES string of the molecule is CN1CCc2c(NC(=O)CCCOc3ccccc3)n[nH]c2C1. The lowest BCUT2D eigenvalue weighted by Crippen LogP contribution is -2.26. The summed E-state index contributed by atoms with van der Waals surface area (Å²) in [4.78, 5) is 14.3. The molecule has 0 bridgehead atoms. The number of amides is 1. The third-order valence-electron chi connectivity index (χ3n) is 3.94. The zero-order valence-corrected chi connectivity index (χ0v) is 13.3. The molecule has 3 rings (SSSR count). The molecule has 0 radical (unpaired) electrons. The molecule has 23 heavy (non-hydrogen) atoms. The molecule has 0 aliphatic carbocycles. The number of aromatic nitrogens is 2. The number of hydrogen-bond donors (Lipinski definition) is 2. The van der Waals surface area contributed by atoms with E-state index in [1.54, 1.807) is 0 Å². The fourth-order valence-electron chi connectivity index (χ4n) is 2.69. The molecule has 2 aromatic rings. The summed E-state index contributed by atoms with van der Waals surface area (Å²) < 4.78 is 5.59. The molecule has 0 fully saturated rings. The van der Waals surface area contributed by atoms with Crippen LogP contribution in [0, 0.1) is 0 Å². The quantitative estimate of drug-likeness (QED) is 0.802. The summed E-state index contributed by atoms with van der Waals surface area (Å²) in [5, 5.41) is 10.2. The third-order valence-corrected chi connectivity index (χ3v) is 3.94. The highest BCUT2D eigenvalue weighted by molar-refractivity contribution is 5.90. The second kappa shape index (κ2) is 7.28. The van der Waals surface area contributed by atoms with Gasteiger partial charge in [0.05, 0.1) is 12.3 Å². The van der Waals surface area contributed by atoms with E-state index in [2.05, 4.69) is 27.5 Å². The van der Waals surface area contributed by atoms with E-state index in [0.717, 1.165) is 36.5 Å². The minimum absolute atomic E-state index is 0.0186. The molecule has 122 valence electrons. The average molecular weight is 314 g/mol. The Morgan fingerprint density at radius 2 is 2.22 bits per heavy atom. The molecule has 0 spiro atoms. The Bertz CT molecular complexity index is 654. The Morgan fingerprint density at radius 3 is 3.04 bits per heavy atom. The first-order chi connectivity index (χ1) is 11.2. The van der Waals surface area contributed by atoms with E-state index in [1.807, 2.05) is 30.3 Å². The highest BCUT2D eigenvalue weighted by Crippen LogP contribution is 2.22. The molecule has 6 heteroatoms. The number of likely N-dealkylation sites (N-methyl/N-ethyl adjacent to an activating group) is 1. The number of ether oxygens (including phenoxy) is 1. The van der Waals surface area contributed by atoms with Gasteiger partial charge in [0, 0.05) is 25.1 Å². The van der Waals surface area contributed by atoms with Crippen molar-refractivity contribution in [2.75, 3.05) is 25.5 Å². The van der Waals surface area contributed by atoms with Crippen LogP contribution in [0.3, 0.4) is 0 Å². The van der Waals surface area contributed by atoms with Crippen LogP contribution in [0.4, 0.5) is 5.82 Å². The van der Waals surface area contributed by atoms with Gasteiger partial charge in [-0.25, -0.2) is 0 Å². The van der Waals surface area contributed by atoms with E-state index in [9.17, 15) is 4.79 Å². The highest BCUT2D eigenvalue weighted by Gasteiger charge is 2.20. The van der Waals surface area contributed by atoms with Gasteiger partial charge in [0.15, 0.2) is 5.82 Å². The predicted octanol–water partition coefficient (Wildman–Crippen LogP) is 2.20. The molecule has 1 amide bonds. The number of fused-ring (bicyclic) bond motifs is 1. The van der Waals surface area contributed by atoms with E-state index < -0.39 is 0 Å². The summed E-state index contributed by atoms with van der Waals surface area (Å²) in [5.74, 6) is 1.50. The Morgan fingerprint density at radius 1 is 1.39 bits per heavy atom. The first-order valence-electron chi connectivity index (χ1n) is 7.95. The molecule has 1 aliphatic heterocycles. The molecule has 0 atom stereocenters. The minimum Gasteiger partial charge on any atom is -0.494 e. The van der Waals surface area contributed by atoms with Gasteiger partial charge in [-0.1, -0.05) is 18.2 Å². The van der Waals surface area contributed by atoms with E-state index in [1.165, 1.54) is 0 Å². The van der Waals surface area contributed by atoms with Crippen molar-refractivity contribution in [1.29, 1.82) is 0 Å². The number of para-hydroxylation sites is 1. The third kappa shape index (κ3) is 4.10. The first kappa shape index (κ1) is 15.6. The Balaban J connectivity index is 1.43. The second-order valence-electron chi connectivity index (χ2n) is 5.83. The van der Waals surface area contributed by atoms with Crippen molar-refractivity contribution in [3.63, 3.8) is 0 Å². The second-order valence-corrected chi connectivity index (χ2v) is 5.83. The lowest BCUT2D eigenvalue weighted by atomic mass is 10.1. The largest absolute Gasteiger partial charge is 0.494 e. The van der Waals surface area contributed by atoms with Gasteiger partial charge >= 0.3 is 0 Å². The zero-order chi connectivity index (χ0) is 16.1. The number of carbonyl (C=O) groups excluding carboxylic acids is 1.